The van der Waals surface area contributed by atoms with Gasteiger partial charge in [0.15, 0.2) is 4.90 Å². The smallest absolute Gasteiger partial charge is 0.0662 e. The van der Waals surface area contributed by atoms with Crippen LogP contribution in [0.25, 0.3) is 10.8 Å². The summed E-state index contributed by atoms with van der Waals surface area (Å²) in [5.74, 6) is 0. The molecular weight excluding hydrogens is 403 g/mol. The molecule has 0 atom stereocenters. The topological polar surface area (TPSA) is 0 Å². The first-order valence-corrected chi connectivity index (χ1v) is 13.5. The predicted molar refractivity (Wildman–Crippen MR) is 147 cm³/mol. The van der Waals surface area contributed by atoms with Gasteiger partial charge in [-0.25, -0.2) is 0 Å². The second-order valence-electron chi connectivity index (χ2n) is 9.58. The second-order valence-corrected chi connectivity index (χ2v) is 11.6. The van der Waals surface area contributed by atoms with Gasteiger partial charge in [0.2, 0.25) is 6.71 Å². The van der Waals surface area contributed by atoms with Crippen molar-refractivity contribution in [2.75, 3.05) is 12.5 Å². The van der Waals surface area contributed by atoms with Gasteiger partial charge < -0.3 is 0 Å². The van der Waals surface area contributed by atoms with Crippen LogP contribution < -0.4 is 16.4 Å². The summed E-state index contributed by atoms with van der Waals surface area (Å²) in [7, 11) is 0.178. The molecule has 0 radical (unpaired) electrons. The number of hydrogen-bond acceptors (Lipinski definition) is 0. The number of hydrogen-bond donors (Lipinski definition) is 0. The highest BCUT2D eigenvalue weighted by molar-refractivity contribution is 7.95. The maximum atomic E-state index is 2.38. The molecule has 0 fully saturated rings. The van der Waals surface area contributed by atoms with Crippen molar-refractivity contribution in [3.63, 3.8) is 0 Å². The summed E-state index contributed by atoms with van der Waals surface area (Å²) in [4.78, 5) is 1.47. The predicted octanol–water partition coefficient (Wildman–Crippen LogP) is 5.44. The lowest BCUT2D eigenvalue weighted by Gasteiger charge is -2.26. The Kier molecular flexibility index (Phi) is 6.27. The van der Waals surface area contributed by atoms with E-state index in [1.807, 2.05) is 0 Å². The number of rotatable bonds is 4. The maximum Gasteiger partial charge on any atom is 0.243 e. The minimum atomic E-state index is 0.178. The highest BCUT2D eigenvalue weighted by Gasteiger charge is 2.31. The summed E-state index contributed by atoms with van der Waals surface area (Å²) in [6.07, 6.45) is 4.68. The fraction of sp³-hybridized carbons (Fsp3) is 0.267. The van der Waals surface area contributed by atoms with Crippen LogP contribution in [0.1, 0.15) is 33.4 Å². The molecule has 0 nitrogen and oxygen atoms in total. The van der Waals surface area contributed by atoms with Crippen molar-refractivity contribution in [1.82, 2.24) is 0 Å². The van der Waals surface area contributed by atoms with E-state index >= 15 is 0 Å². The molecule has 2 heteroatoms. The van der Waals surface area contributed by atoms with E-state index in [0.717, 1.165) is 0 Å². The molecule has 162 valence electrons. The summed E-state index contributed by atoms with van der Waals surface area (Å²) in [6, 6.07) is 23.1. The summed E-state index contributed by atoms with van der Waals surface area (Å²) >= 11 is 0. The minimum Gasteiger partial charge on any atom is -0.0662 e. The average molecular weight is 437 g/mol. The summed E-state index contributed by atoms with van der Waals surface area (Å²) in [5, 5.41) is 2.78. The molecule has 0 aliphatic heterocycles. The molecule has 0 aliphatic carbocycles. The lowest BCUT2D eigenvalue weighted by Crippen LogP contribution is -2.56. The average Bonchev–Trinajstić information content (AvgIpc) is 2.70. The fourth-order valence-electron chi connectivity index (χ4n) is 5.66. The van der Waals surface area contributed by atoms with Crippen LogP contribution in [0, 0.1) is 41.5 Å². The van der Waals surface area contributed by atoms with Crippen molar-refractivity contribution >= 4 is 44.8 Å². The third-order valence-electron chi connectivity index (χ3n) is 6.70. The van der Waals surface area contributed by atoms with Crippen molar-refractivity contribution in [3.05, 3.63) is 94.0 Å². The van der Waals surface area contributed by atoms with Crippen LogP contribution in [-0.4, -0.2) is 19.2 Å². The van der Waals surface area contributed by atoms with Gasteiger partial charge in [-0.05, 0) is 53.0 Å². The van der Waals surface area contributed by atoms with Crippen LogP contribution in [0.5, 0.6) is 0 Å². The molecule has 4 aromatic carbocycles. The molecule has 0 N–H and O–H groups in total. The number of fused-ring (bicyclic) bond motifs is 1. The van der Waals surface area contributed by atoms with Gasteiger partial charge >= 0.3 is 0 Å². The molecule has 0 bridgehead atoms. The zero-order valence-electron chi connectivity index (χ0n) is 20.8. The van der Waals surface area contributed by atoms with Crippen molar-refractivity contribution in [1.29, 1.82) is 0 Å². The highest BCUT2D eigenvalue weighted by Crippen LogP contribution is 2.23. The van der Waals surface area contributed by atoms with E-state index in [2.05, 4.69) is 115 Å². The number of aryl methyl sites for hydroxylation is 6. The molecule has 0 aliphatic rings. The third-order valence-corrected chi connectivity index (χ3v) is 7.92. The van der Waals surface area contributed by atoms with E-state index in [-0.39, 0.29) is 17.6 Å². The first kappa shape index (κ1) is 22.7. The lowest BCUT2D eigenvalue weighted by molar-refractivity contribution is 1.34. The molecule has 0 unspecified atom stereocenters. The van der Waals surface area contributed by atoms with Crippen molar-refractivity contribution in [2.45, 2.75) is 46.4 Å². The Bertz CT molecular complexity index is 1210. The molecule has 0 heterocycles. The van der Waals surface area contributed by atoms with Crippen molar-refractivity contribution in [3.8, 4) is 0 Å². The van der Waals surface area contributed by atoms with Crippen LogP contribution in [0.15, 0.2) is 65.6 Å². The minimum absolute atomic E-state index is 0.178. The molecule has 0 aromatic heterocycles. The Hall–Kier alpha value is -2.45. The van der Waals surface area contributed by atoms with Crippen LogP contribution in [0.2, 0.25) is 0 Å². The second kappa shape index (κ2) is 8.83. The highest BCUT2D eigenvalue weighted by atomic mass is 32.2. The lowest BCUT2D eigenvalue weighted by atomic mass is 9.33. The van der Waals surface area contributed by atoms with E-state index in [9.17, 15) is 0 Å². The Labute approximate surface area is 197 Å². The van der Waals surface area contributed by atoms with Gasteiger partial charge in [0.05, 0.1) is 0 Å². The zero-order chi connectivity index (χ0) is 23.2. The van der Waals surface area contributed by atoms with E-state index < -0.39 is 0 Å². The Morgan fingerprint density at radius 2 is 1.03 bits per heavy atom. The Balaban J connectivity index is 2.17. The van der Waals surface area contributed by atoms with E-state index in [4.69, 9.17) is 0 Å². The van der Waals surface area contributed by atoms with Gasteiger partial charge in [0, 0.05) is 16.3 Å². The standard InChI is InChI=1S/C30H34BS/c1-19-15-21(3)29(22(4)16-19)31(30-23(5)17-20(2)18-24(30)6)26-13-9-11-25-12-10-14-27(28(25)26)32(7)8/h9-18H,1-8H3/q+1. The van der Waals surface area contributed by atoms with Crippen molar-refractivity contribution in [2.24, 2.45) is 0 Å². The van der Waals surface area contributed by atoms with Gasteiger partial charge in [-0.15, -0.1) is 0 Å². The summed E-state index contributed by atoms with van der Waals surface area (Å²) in [6.45, 7) is 13.8. The Morgan fingerprint density at radius 1 is 0.594 bits per heavy atom. The van der Waals surface area contributed by atoms with Crippen LogP contribution in [0.4, 0.5) is 0 Å². The van der Waals surface area contributed by atoms with E-state index in [1.165, 1.54) is 65.4 Å². The van der Waals surface area contributed by atoms with Crippen LogP contribution in [-0.2, 0) is 10.9 Å². The quantitative estimate of drug-likeness (QED) is 0.295. The molecule has 0 saturated heterocycles. The monoisotopic (exact) mass is 437 g/mol. The first-order valence-electron chi connectivity index (χ1n) is 11.4. The third kappa shape index (κ3) is 4.02. The zero-order valence-corrected chi connectivity index (χ0v) is 21.6. The molecule has 4 rings (SSSR count). The largest absolute Gasteiger partial charge is 0.243 e. The fourth-order valence-corrected chi connectivity index (χ4v) is 6.66. The molecule has 0 saturated carbocycles. The SMILES string of the molecule is Cc1cc(C)c(B(c2c(C)cc(C)cc2C)c2cccc3cccc([S+](C)C)c23)c(C)c1. The van der Waals surface area contributed by atoms with Gasteiger partial charge in [-0.3, -0.25) is 0 Å². The van der Waals surface area contributed by atoms with E-state index in [0.29, 0.717) is 0 Å². The van der Waals surface area contributed by atoms with Gasteiger partial charge in [0.25, 0.3) is 0 Å². The summed E-state index contributed by atoms with van der Waals surface area (Å²) in [5.41, 5.74) is 12.6. The Morgan fingerprint density at radius 3 is 1.47 bits per heavy atom. The first-order chi connectivity index (χ1) is 15.2. The molecule has 0 spiro atoms. The van der Waals surface area contributed by atoms with Gasteiger partial charge in [-0.2, -0.15) is 0 Å². The molecule has 4 aromatic rings. The van der Waals surface area contributed by atoms with Crippen molar-refractivity contribution < 1.29 is 0 Å². The normalized spacial score (nSPS) is 11.4. The van der Waals surface area contributed by atoms with Gasteiger partial charge in [0.1, 0.15) is 12.5 Å². The maximum absolute atomic E-state index is 2.38. The number of benzene rings is 4. The molecular formula is C30H34BS+. The van der Waals surface area contributed by atoms with Gasteiger partial charge in [-0.1, -0.05) is 104 Å². The molecule has 32 heavy (non-hydrogen) atoms. The van der Waals surface area contributed by atoms with E-state index in [1.54, 1.807) is 0 Å². The summed E-state index contributed by atoms with van der Waals surface area (Å²) < 4.78 is 0. The molecule has 0 amide bonds. The van der Waals surface area contributed by atoms with Crippen LogP contribution in [0.3, 0.4) is 0 Å². The van der Waals surface area contributed by atoms with Crippen LogP contribution >= 0.6 is 0 Å².